The molecule has 0 amide bonds. The van der Waals surface area contributed by atoms with Crippen molar-refractivity contribution < 1.29 is 5.11 Å². The second-order valence-electron chi connectivity index (χ2n) is 5.10. The minimum absolute atomic E-state index is 0.260. The van der Waals surface area contributed by atoms with Crippen LogP contribution in [0.3, 0.4) is 0 Å². The van der Waals surface area contributed by atoms with Gasteiger partial charge in [-0.15, -0.1) is 0 Å². The van der Waals surface area contributed by atoms with Crippen LogP contribution in [-0.4, -0.2) is 48.8 Å². The number of rotatable bonds is 5. The SMILES string of the molecule is CCC(CO)N1CCN(c2ccccc2CN)CC1. The molecule has 1 aromatic carbocycles. The van der Waals surface area contributed by atoms with Gasteiger partial charge in [0.1, 0.15) is 0 Å². The third-order valence-electron chi connectivity index (χ3n) is 4.06. The van der Waals surface area contributed by atoms with Crippen molar-refractivity contribution in [1.82, 2.24) is 4.90 Å². The predicted octanol–water partition coefficient (Wildman–Crippen LogP) is 1.04. The highest BCUT2D eigenvalue weighted by Crippen LogP contribution is 2.22. The van der Waals surface area contributed by atoms with Crippen LogP contribution in [-0.2, 0) is 6.54 Å². The summed E-state index contributed by atoms with van der Waals surface area (Å²) >= 11 is 0. The van der Waals surface area contributed by atoms with Gasteiger partial charge in [0, 0.05) is 44.5 Å². The summed E-state index contributed by atoms with van der Waals surface area (Å²) < 4.78 is 0. The van der Waals surface area contributed by atoms with Crippen LogP contribution < -0.4 is 10.6 Å². The van der Waals surface area contributed by atoms with Crippen LogP contribution in [0.4, 0.5) is 5.69 Å². The van der Waals surface area contributed by atoms with Crippen molar-refractivity contribution in [1.29, 1.82) is 0 Å². The lowest BCUT2D eigenvalue weighted by Gasteiger charge is -2.40. The van der Waals surface area contributed by atoms with Crippen LogP contribution in [0.25, 0.3) is 0 Å². The number of aliphatic hydroxyl groups excluding tert-OH is 1. The smallest absolute Gasteiger partial charge is 0.0586 e. The average molecular weight is 263 g/mol. The molecule has 1 aliphatic heterocycles. The molecule has 2 rings (SSSR count). The van der Waals surface area contributed by atoms with Crippen LogP contribution in [0.5, 0.6) is 0 Å². The molecule has 0 saturated carbocycles. The minimum atomic E-state index is 0.260. The maximum Gasteiger partial charge on any atom is 0.0586 e. The lowest BCUT2D eigenvalue weighted by atomic mass is 10.1. The molecule has 1 unspecified atom stereocenters. The second kappa shape index (κ2) is 6.89. The summed E-state index contributed by atoms with van der Waals surface area (Å²) in [5, 5.41) is 9.37. The van der Waals surface area contributed by atoms with Crippen LogP contribution in [0.1, 0.15) is 18.9 Å². The highest BCUT2D eigenvalue weighted by molar-refractivity contribution is 5.54. The summed E-state index contributed by atoms with van der Waals surface area (Å²) in [6, 6.07) is 8.68. The zero-order chi connectivity index (χ0) is 13.7. The number of para-hydroxylation sites is 1. The molecule has 1 heterocycles. The van der Waals surface area contributed by atoms with Gasteiger partial charge < -0.3 is 15.7 Å². The molecule has 1 aliphatic rings. The maximum atomic E-state index is 9.37. The average Bonchev–Trinajstić information content (AvgIpc) is 2.49. The first kappa shape index (κ1) is 14.3. The van der Waals surface area contributed by atoms with Gasteiger partial charge in [0.05, 0.1) is 6.61 Å². The third kappa shape index (κ3) is 3.26. The normalized spacial score (nSPS) is 18.6. The van der Waals surface area contributed by atoms with Crippen LogP contribution in [0, 0.1) is 0 Å². The Hall–Kier alpha value is -1.10. The topological polar surface area (TPSA) is 52.7 Å². The Labute approximate surface area is 115 Å². The van der Waals surface area contributed by atoms with E-state index in [0.717, 1.165) is 32.6 Å². The number of aliphatic hydroxyl groups is 1. The summed E-state index contributed by atoms with van der Waals surface area (Å²) in [4.78, 5) is 4.80. The molecule has 1 saturated heterocycles. The van der Waals surface area contributed by atoms with Crippen molar-refractivity contribution in [3.05, 3.63) is 29.8 Å². The number of benzene rings is 1. The third-order valence-corrected chi connectivity index (χ3v) is 4.06. The number of piperazine rings is 1. The molecule has 106 valence electrons. The summed E-state index contributed by atoms with van der Waals surface area (Å²) in [5.41, 5.74) is 8.28. The van der Waals surface area contributed by atoms with Crippen molar-refractivity contribution in [2.24, 2.45) is 5.73 Å². The first-order chi connectivity index (χ1) is 9.30. The molecule has 0 aliphatic carbocycles. The Kier molecular flexibility index (Phi) is 5.19. The first-order valence-corrected chi connectivity index (χ1v) is 7.18. The second-order valence-corrected chi connectivity index (χ2v) is 5.10. The van der Waals surface area contributed by atoms with Gasteiger partial charge in [-0.05, 0) is 18.1 Å². The predicted molar refractivity (Wildman–Crippen MR) is 79.3 cm³/mol. The van der Waals surface area contributed by atoms with Gasteiger partial charge in [-0.2, -0.15) is 0 Å². The lowest BCUT2D eigenvalue weighted by molar-refractivity contribution is 0.114. The van der Waals surface area contributed by atoms with Gasteiger partial charge in [0.15, 0.2) is 0 Å². The summed E-state index contributed by atoms with van der Waals surface area (Å²) in [7, 11) is 0. The van der Waals surface area contributed by atoms with Gasteiger partial charge in [0.2, 0.25) is 0 Å². The van der Waals surface area contributed by atoms with Crippen LogP contribution in [0.2, 0.25) is 0 Å². The van der Waals surface area contributed by atoms with Crippen LogP contribution >= 0.6 is 0 Å². The Morgan fingerprint density at radius 2 is 1.89 bits per heavy atom. The van der Waals surface area contributed by atoms with Gasteiger partial charge in [-0.3, -0.25) is 4.90 Å². The highest BCUT2D eigenvalue weighted by Gasteiger charge is 2.23. The van der Waals surface area contributed by atoms with Crippen LogP contribution in [0.15, 0.2) is 24.3 Å². The van der Waals surface area contributed by atoms with E-state index in [-0.39, 0.29) is 6.61 Å². The summed E-state index contributed by atoms with van der Waals surface area (Å²) in [5.74, 6) is 0. The van der Waals surface area contributed by atoms with Crippen molar-refractivity contribution in [2.45, 2.75) is 25.9 Å². The lowest BCUT2D eigenvalue weighted by Crippen LogP contribution is -2.51. The van der Waals surface area contributed by atoms with Crippen molar-refractivity contribution in [3.8, 4) is 0 Å². The van der Waals surface area contributed by atoms with Gasteiger partial charge >= 0.3 is 0 Å². The van der Waals surface area contributed by atoms with Crippen molar-refractivity contribution >= 4 is 5.69 Å². The Morgan fingerprint density at radius 1 is 1.21 bits per heavy atom. The van der Waals surface area contributed by atoms with E-state index >= 15 is 0 Å². The Bertz CT molecular complexity index is 385. The molecular weight excluding hydrogens is 238 g/mol. The molecule has 3 N–H and O–H groups in total. The van der Waals surface area contributed by atoms with E-state index in [4.69, 9.17) is 5.73 Å². The van der Waals surface area contributed by atoms with Crippen molar-refractivity contribution in [3.63, 3.8) is 0 Å². The van der Waals surface area contributed by atoms with E-state index in [2.05, 4.69) is 34.9 Å². The zero-order valence-electron chi connectivity index (χ0n) is 11.8. The number of hydrogen-bond donors (Lipinski definition) is 2. The molecule has 19 heavy (non-hydrogen) atoms. The standard InChI is InChI=1S/C15H25N3O/c1-2-14(12-19)17-7-9-18(10-8-17)15-6-4-3-5-13(15)11-16/h3-6,14,19H,2,7-12,16H2,1H3. The molecule has 4 nitrogen and oxygen atoms in total. The van der Waals surface area contributed by atoms with Gasteiger partial charge in [-0.25, -0.2) is 0 Å². The molecule has 0 radical (unpaired) electrons. The molecule has 4 heteroatoms. The number of hydrogen-bond acceptors (Lipinski definition) is 4. The van der Waals surface area contributed by atoms with E-state index in [1.165, 1.54) is 11.3 Å². The summed E-state index contributed by atoms with van der Waals surface area (Å²) in [6.07, 6.45) is 1.01. The fourth-order valence-electron chi connectivity index (χ4n) is 2.82. The number of anilines is 1. The minimum Gasteiger partial charge on any atom is -0.395 e. The molecule has 1 aromatic rings. The largest absolute Gasteiger partial charge is 0.395 e. The molecule has 0 bridgehead atoms. The van der Waals surface area contributed by atoms with Crippen molar-refractivity contribution in [2.75, 3.05) is 37.7 Å². The first-order valence-electron chi connectivity index (χ1n) is 7.18. The fraction of sp³-hybridized carbons (Fsp3) is 0.600. The molecular formula is C15H25N3O. The fourth-order valence-corrected chi connectivity index (χ4v) is 2.82. The monoisotopic (exact) mass is 263 g/mol. The van der Waals surface area contributed by atoms with E-state index in [0.29, 0.717) is 12.6 Å². The molecule has 0 aromatic heterocycles. The number of nitrogens with two attached hydrogens (primary N) is 1. The summed E-state index contributed by atoms with van der Waals surface area (Å²) in [6.45, 7) is 7.02. The van der Waals surface area contributed by atoms with Gasteiger partial charge in [-0.1, -0.05) is 25.1 Å². The van der Waals surface area contributed by atoms with E-state index in [1.54, 1.807) is 0 Å². The van der Waals surface area contributed by atoms with E-state index < -0.39 is 0 Å². The molecule has 1 fully saturated rings. The zero-order valence-corrected chi connectivity index (χ0v) is 11.8. The Morgan fingerprint density at radius 3 is 2.47 bits per heavy atom. The maximum absolute atomic E-state index is 9.37. The molecule has 1 atom stereocenters. The molecule has 0 spiro atoms. The number of nitrogens with zero attached hydrogens (tertiary/aromatic N) is 2. The quantitative estimate of drug-likeness (QED) is 0.833. The highest BCUT2D eigenvalue weighted by atomic mass is 16.3. The Balaban J connectivity index is 1.99. The van der Waals surface area contributed by atoms with E-state index in [9.17, 15) is 5.11 Å². The van der Waals surface area contributed by atoms with E-state index in [1.807, 2.05) is 6.07 Å². The van der Waals surface area contributed by atoms with Gasteiger partial charge in [0.25, 0.3) is 0 Å².